The van der Waals surface area contributed by atoms with E-state index >= 15 is 0 Å². The van der Waals surface area contributed by atoms with E-state index in [-0.39, 0.29) is 12.0 Å². The second kappa shape index (κ2) is 17.7. The van der Waals surface area contributed by atoms with Gasteiger partial charge in [-0.05, 0) is 107 Å². The first-order chi connectivity index (χ1) is 34.6. The molecule has 0 aliphatic carbocycles. The average molecular weight is 940 g/mol. The van der Waals surface area contributed by atoms with Crippen molar-refractivity contribution in [1.29, 1.82) is 0 Å². The Hall–Kier alpha value is -7.60. The Morgan fingerprint density at radius 1 is 0.634 bits per heavy atom. The summed E-state index contributed by atoms with van der Waals surface area (Å²) in [6, 6.07) is 67.2. The van der Waals surface area contributed by atoms with Gasteiger partial charge in [0.05, 0.1) is 26.6 Å². The van der Waals surface area contributed by atoms with E-state index in [1.54, 1.807) is 5.19 Å². The van der Waals surface area contributed by atoms with Crippen molar-refractivity contribution >= 4 is 57.0 Å². The highest BCUT2D eigenvalue weighted by atomic mass is 28.3. The highest BCUT2D eigenvalue weighted by Crippen LogP contribution is 2.46. The predicted molar refractivity (Wildman–Crippen MR) is 299 cm³/mol. The van der Waals surface area contributed by atoms with Crippen LogP contribution in [-0.2, 0) is 19.9 Å². The summed E-state index contributed by atoms with van der Waals surface area (Å²) in [7, 11) is 0.555. The lowest BCUT2D eigenvalue weighted by Gasteiger charge is -2.31. The van der Waals surface area contributed by atoms with E-state index in [0.29, 0.717) is 5.92 Å². The lowest BCUT2D eigenvalue weighted by atomic mass is 9.79. The van der Waals surface area contributed by atoms with Crippen LogP contribution in [0.2, 0.25) is 19.6 Å². The van der Waals surface area contributed by atoms with Crippen molar-refractivity contribution in [2.45, 2.75) is 64.7 Å². The Morgan fingerprint density at radius 2 is 1.28 bits per heavy atom. The Balaban J connectivity index is 1.12. The first-order valence-corrected chi connectivity index (χ1v) is 29.0. The lowest BCUT2D eigenvalue weighted by Crippen LogP contribution is -2.53. The van der Waals surface area contributed by atoms with Crippen LogP contribution in [0, 0.1) is 5.92 Å². The molecule has 12 rings (SSSR count). The number of hydrogen-bond donors (Lipinski definition) is 0. The highest BCUT2D eigenvalue weighted by molar-refractivity contribution is 6.89. The molecule has 4 heterocycles. The normalized spacial score (nSPS) is 14.7. The van der Waals surface area contributed by atoms with E-state index in [0.717, 1.165) is 52.7 Å². The maximum Gasteiger partial charge on any atom is 0.295 e. The third-order valence-electron chi connectivity index (χ3n) is 15.2. The van der Waals surface area contributed by atoms with Gasteiger partial charge in [0.2, 0.25) is 5.69 Å². The molecule has 1 aliphatic rings. The summed E-state index contributed by atoms with van der Waals surface area (Å²) in [5.74, 6) is 1.89. The molecule has 0 saturated heterocycles. The average Bonchev–Trinajstić information content (AvgIpc) is 3.90. The van der Waals surface area contributed by atoms with Gasteiger partial charge in [-0.3, -0.25) is 0 Å². The topological polar surface area (TPSA) is 25.8 Å². The molecule has 71 heavy (non-hydrogen) atoms. The third kappa shape index (κ3) is 7.57. The monoisotopic (exact) mass is 939 g/mol. The lowest BCUT2D eigenvalue weighted by molar-refractivity contribution is -0.706. The number of rotatable bonds is 11. The van der Waals surface area contributed by atoms with Crippen LogP contribution in [0.4, 0.5) is 0 Å². The van der Waals surface area contributed by atoms with E-state index < -0.39 is 8.07 Å². The molecule has 0 spiro atoms. The van der Waals surface area contributed by atoms with E-state index in [1.165, 1.54) is 77.6 Å². The van der Waals surface area contributed by atoms with Crippen LogP contribution in [0.25, 0.3) is 94.3 Å². The van der Waals surface area contributed by atoms with Crippen molar-refractivity contribution < 1.29 is 13.6 Å². The van der Waals surface area contributed by atoms with Gasteiger partial charge in [-0.2, -0.15) is 9.13 Å². The minimum Gasteiger partial charge on any atom is -0.456 e. The number of allylic oxidation sites excluding steroid dienone is 1. The number of furan rings is 1. The van der Waals surface area contributed by atoms with E-state index in [1.807, 2.05) is 0 Å². The molecule has 0 saturated carbocycles. The Labute approximate surface area is 418 Å². The smallest absolute Gasteiger partial charge is 0.295 e. The fraction of sp³-hybridized carbons (Fsp3) is 0.182. The summed E-state index contributed by atoms with van der Waals surface area (Å²) in [4.78, 5) is 0. The summed E-state index contributed by atoms with van der Waals surface area (Å²) in [5.41, 5.74) is 18.0. The molecule has 5 heteroatoms. The molecule has 348 valence electrons. The fourth-order valence-electron chi connectivity index (χ4n) is 12.1. The number of aryl methyl sites for hydroxylation is 2. The molecule has 8 aromatic carbocycles. The van der Waals surface area contributed by atoms with E-state index in [9.17, 15) is 0 Å². The zero-order valence-corrected chi connectivity index (χ0v) is 42.8. The summed E-state index contributed by atoms with van der Waals surface area (Å²) in [6.07, 6.45) is 7.58. The molecular formula is C66H61N3OSi+2. The predicted octanol–water partition coefficient (Wildman–Crippen LogP) is 15.7. The maximum atomic E-state index is 6.79. The molecule has 2 atom stereocenters. The van der Waals surface area contributed by atoms with Crippen LogP contribution in [0.3, 0.4) is 0 Å². The zero-order chi connectivity index (χ0) is 48.5. The minimum absolute atomic E-state index is 0.0848. The molecular weight excluding hydrogens is 879 g/mol. The highest BCUT2D eigenvalue weighted by Gasteiger charge is 2.41. The maximum absolute atomic E-state index is 6.79. The second-order valence-electron chi connectivity index (χ2n) is 21.2. The molecule has 0 bridgehead atoms. The molecule has 0 N–H and O–H groups in total. The van der Waals surface area contributed by atoms with E-state index in [4.69, 9.17) is 4.42 Å². The molecule has 2 unspecified atom stereocenters. The van der Waals surface area contributed by atoms with Crippen LogP contribution in [0.1, 0.15) is 48.9 Å². The van der Waals surface area contributed by atoms with Crippen molar-refractivity contribution in [2.75, 3.05) is 0 Å². The van der Waals surface area contributed by atoms with E-state index in [2.05, 4.69) is 255 Å². The number of benzene rings is 8. The van der Waals surface area contributed by atoms with Gasteiger partial charge in [-0.15, -0.1) is 0 Å². The van der Waals surface area contributed by atoms with Gasteiger partial charge >= 0.3 is 0 Å². The van der Waals surface area contributed by atoms with Crippen LogP contribution in [-0.4, -0.2) is 12.6 Å². The molecule has 1 aliphatic heterocycles. The molecule has 3 aromatic heterocycles. The molecule has 0 radical (unpaired) electrons. The van der Waals surface area contributed by atoms with Crippen LogP contribution >= 0.6 is 0 Å². The third-order valence-corrected chi connectivity index (χ3v) is 17.3. The fourth-order valence-corrected chi connectivity index (χ4v) is 13.7. The van der Waals surface area contributed by atoms with Gasteiger partial charge < -0.3 is 4.42 Å². The van der Waals surface area contributed by atoms with Gasteiger partial charge in [-0.1, -0.05) is 174 Å². The van der Waals surface area contributed by atoms with Crippen molar-refractivity contribution in [3.8, 4) is 50.6 Å². The Morgan fingerprint density at radius 3 is 1.99 bits per heavy atom. The van der Waals surface area contributed by atoms with Crippen LogP contribution < -0.4 is 14.3 Å². The molecule has 0 fully saturated rings. The van der Waals surface area contributed by atoms with Crippen molar-refractivity contribution in [3.05, 3.63) is 218 Å². The number of hydrogen-bond acceptors (Lipinski definition) is 1. The van der Waals surface area contributed by atoms with Crippen LogP contribution in [0.5, 0.6) is 0 Å². The van der Waals surface area contributed by atoms with Crippen molar-refractivity contribution in [1.82, 2.24) is 4.57 Å². The van der Waals surface area contributed by atoms with Gasteiger partial charge in [0.1, 0.15) is 16.9 Å². The number of pyridine rings is 1. The summed E-state index contributed by atoms with van der Waals surface area (Å²) in [5, 5.41) is 6.21. The summed E-state index contributed by atoms with van der Waals surface area (Å²) >= 11 is 0. The van der Waals surface area contributed by atoms with Crippen LogP contribution in [0.15, 0.2) is 205 Å². The number of para-hydroxylation sites is 2. The quantitative estimate of drug-likeness (QED) is 0.0721. The second-order valence-corrected chi connectivity index (χ2v) is 26.3. The van der Waals surface area contributed by atoms with Gasteiger partial charge in [0, 0.05) is 44.1 Å². The Kier molecular flexibility index (Phi) is 11.1. The van der Waals surface area contributed by atoms with Gasteiger partial charge in [0.15, 0.2) is 23.3 Å². The van der Waals surface area contributed by atoms with Crippen molar-refractivity contribution in [3.63, 3.8) is 0 Å². The molecule has 4 nitrogen and oxygen atoms in total. The number of imidazole rings is 1. The number of aromatic nitrogens is 3. The number of nitrogens with zero attached hydrogens (tertiary/aromatic N) is 3. The van der Waals surface area contributed by atoms with Gasteiger partial charge in [-0.25, -0.2) is 4.57 Å². The summed E-state index contributed by atoms with van der Waals surface area (Å²) < 4.78 is 14.4. The minimum atomic E-state index is -1.71. The zero-order valence-electron chi connectivity index (χ0n) is 41.8. The van der Waals surface area contributed by atoms with Gasteiger partial charge in [0.25, 0.3) is 5.82 Å². The number of fused-ring (bicyclic) bond motifs is 9. The largest absolute Gasteiger partial charge is 0.456 e. The first kappa shape index (κ1) is 44.6. The molecule has 0 amide bonds. The molecule has 11 aromatic rings. The Bertz CT molecular complexity index is 3800. The van der Waals surface area contributed by atoms with Crippen molar-refractivity contribution in [2.24, 2.45) is 13.0 Å². The standard InChI is InChI=1S/C66H61N3OSi/c1-8-58-54(52-28-17-18-29-53(52)60-39-48(38-43(2)3)63(42-68(58)60)71(5,6)7)36-34-47-40-62-57(55-30-19-20-33-61(55)70-62)41-56(47)66-67(4)59-37-35-46-26-15-16-27-51(46)65(59)69(66)64-49(44-22-11-9-12-23-44)31-21-32-50(64)45-24-13-10-14-25-45/h8-33,35,37,39-43,54,58H,1,34,36,38H2,2-7H3/q+2. The first-order valence-electron chi connectivity index (χ1n) is 25.5. The summed E-state index contributed by atoms with van der Waals surface area (Å²) in [6.45, 7) is 16.8. The SMILES string of the molecule is C=CC1C(CCc2cc3oc4ccccc4c3cc2-c2n(-c3c(-c4ccccc4)cccc3-c3ccccc3)c3c4ccccc4ccc3[n+]2C)c2ccccc2-c2cc(CC(C)C)c([Si](C)(C)C)c[n+]21.